The van der Waals surface area contributed by atoms with E-state index in [1.807, 2.05) is 0 Å². The first-order valence-corrected chi connectivity index (χ1v) is 12.6. The Labute approximate surface area is 193 Å². The highest BCUT2D eigenvalue weighted by Crippen LogP contribution is 2.67. The molecule has 0 aliphatic heterocycles. The molecular weight excluding hydrogens is 404 g/mol. The molecule has 3 saturated carbocycles. The number of fused-ring (bicyclic) bond motifs is 5. The second kappa shape index (κ2) is 9.21. The molecule has 0 bridgehead atoms. The zero-order chi connectivity index (χ0) is 23.1. The molecule has 180 valence electrons. The minimum Gasteiger partial charge on any atom is -0.469 e. The molecule has 0 aromatic carbocycles. The predicted molar refractivity (Wildman–Crippen MR) is 123 cm³/mol. The summed E-state index contributed by atoms with van der Waals surface area (Å²) < 4.78 is 16.5. The van der Waals surface area contributed by atoms with Crippen LogP contribution in [0, 0.1) is 40.4 Å². The van der Waals surface area contributed by atoms with Crippen molar-refractivity contribution in [3.8, 4) is 0 Å². The Hall–Kier alpha value is -1.20. The summed E-state index contributed by atoms with van der Waals surface area (Å²) in [5.74, 6) is 3.07. The average molecular weight is 447 g/mol. The van der Waals surface area contributed by atoms with Gasteiger partial charge in [0.15, 0.2) is 0 Å². The van der Waals surface area contributed by atoms with Gasteiger partial charge in [-0.3, -0.25) is 9.59 Å². The topological polar surface area (TPSA) is 61.8 Å². The minimum absolute atomic E-state index is 0.0303. The van der Waals surface area contributed by atoms with Crippen molar-refractivity contribution in [2.75, 3.05) is 21.0 Å². The molecule has 5 heteroatoms. The molecule has 3 unspecified atom stereocenters. The number of hydrogen-bond acceptors (Lipinski definition) is 5. The van der Waals surface area contributed by atoms with Gasteiger partial charge in [0.25, 0.3) is 0 Å². The third kappa shape index (κ3) is 3.98. The second-order valence-electron chi connectivity index (χ2n) is 11.5. The number of esters is 1. The van der Waals surface area contributed by atoms with Gasteiger partial charge in [-0.05, 0) is 78.9 Å². The number of Topliss-reactive ketones (excluding diaryl/α,β-unsaturated/α-hetero) is 1. The van der Waals surface area contributed by atoms with E-state index in [1.54, 1.807) is 7.11 Å². The summed E-state index contributed by atoms with van der Waals surface area (Å²) in [5, 5.41) is 0. The van der Waals surface area contributed by atoms with Gasteiger partial charge in [-0.15, -0.1) is 0 Å². The van der Waals surface area contributed by atoms with Crippen LogP contribution < -0.4 is 0 Å². The number of ketones is 1. The zero-order valence-electron chi connectivity index (χ0n) is 20.7. The molecule has 4 aliphatic rings. The molecule has 4 rings (SSSR count). The van der Waals surface area contributed by atoms with Crippen molar-refractivity contribution in [1.82, 2.24) is 0 Å². The zero-order valence-corrected chi connectivity index (χ0v) is 20.7. The molecule has 0 heterocycles. The Bertz CT molecular complexity index is 759. The van der Waals surface area contributed by atoms with E-state index in [-0.39, 0.29) is 22.9 Å². The fourth-order valence-electron chi connectivity index (χ4n) is 8.37. The fourth-order valence-corrected chi connectivity index (χ4v) is 8.37. The van der Waals surface area contributed by atoms with E-state index in [2.05, 4.69) is 26.8 Å². The number of methoxy groups -OCH3 is 2. The third-order valence-electron chi connectivity index (χ3n) is 10.1. The Morgan fingerprint density at radius 1 is 1.16 bits per heavy atom. The number of ether oxygens (including phenoxy) is 3. The van der Waals surface area contributed by atoms with E-state index in [9.17, 15) is 9.59 Å². The Morgan fingerprint density at radius 2 is 1.94 bits per heavy atom. The first-order valence-electron chi connectivity index (χ1n) is 12.6. The molecule has 4 aliphatic carbocycles. The van der Waals surface area contributed by atoms with Gasteiger partial charge in [0.05, 0.1) is 13.2 Å². The smallest absolute Gasteiger partial charge is 0.305 e. The van der Waals surface area contributed by atoms with Crippen LogP contribution >= 0.6 is 0 Å². The summed E-state index contributed by atoms with van der Waals surface area (Å²) in [5.41, 5.74) is 1.72. The molecule has 0 N–H and O–H groups in total. The highest BCUT2D eigenvalue weighted by molar-refractivity contribution is 5.82. The van der Waals surface area contributed by atoms with Crippen molar-refractivity contribution >= 4 is 11.8 Å². The molecule has 0 aromatic rings. The van der Waals surface area contributed by atoms with Crippen LogP contribution in [0.25, 0.3) is 0 Å². The van der Waals surface area contributed by atoms with Crippen molar-refractivity contribution in [3.63, 3.8) is 0 Å². The quantitative estimate of drug-likeness (QED) is 0.301. The molecule has 5 nitrogen and oxygen atoms in total. The number of carbonyl (C=O) groups excluding carboxylic acids is 2. The summed E-state index contributed by atoms with van der Waals surface area (Å²) in [6, 6.07) is 0. The van der Waals surface area contributed by atoms with Crippen molar-refractivity contribution < 1.29 is 23.8 Å². The van der Waals surface area contributed by atoms with Crippen LogP contribution in [0.4, 0.5) is 0 Å². The SMILES string of the molecule is COCO[C@@H]1C=C2CC(=O)CC[C@]2(C)C2CC[C@@]3(C)C(CC[C@@H]3[C@H](C)CCC(=O)OC)C21. The molecule has 3 fully saturated rings. The monoisotopic (exact) mass is 446 g/mol. The van der Waals surface area contributed by atoms with Crippen LogP contribution in [0.3, 0.4) is 0 Å². The lowest BCUT2D eigenvalue weighted by molar-refractivity contribution is -0.146. The molecule has 0 radical (unpaired) electrons. The van der Waals surface area contributed by atoms with Crippen molar-refractivity contribution in [3.05, 3.63) is 11.6 Å². The van der Waals surface area contributed by atoms with E-state index < -0.39 is 0 Å². The summed E-state index contributed by atoms with van der Waals surface area (Å²) in [7, 11) is 3.16. The van der Waals surface area contributed by atoms with Crippen LogP contribution in [0.5, 0.6) is 0 Å². The lowest BCUT2D eigenvalue weighted by Crippen LogP contribution is -2.55. The summed E-state index contributed by atoms with van der Waals surface area (Å²) in [6.45, 7) is 7.56. The Morgan fingerprint density at radius 3 is 2.66 bits per heavy atom. The van der Waals surface area contributed by atoms with Gasteiger partial charge in [0.2, 0.25) is 0 Å². The maximum Gasteiger partial charge on any atom is 0.305 e. The molecule has 8 atom stereocenters. The molecular formula is C27H42O5. The van der Waals surface area contributed by atoms with Crippen LogP contribution in [-0.2, 0) is 23.8 Å². The number of allylic oxidation sites excluding steroid dienone is 1. The molecule has 0 saturated heterocycles. The maximum absolute atomic E-state index is 12.3. The lowest BCUT2D eigenvalue weighted by Gasteiger charge is -2.59. The largest absolute Gasteiger partial charge is 0.469 e. The summed E-state index contributed by atoms with van der Waals surface area (Å²) >= 11 is 0. The van der Waals surface area contributed by atoms with E-state index in [0.717, 1.165) is 19.3 Å². The highest BCUT2D eigenvalue weighted by atomic mass is 16.7. The number of carbonyl (C=O) groups is 2. The van der Waals surface area contributed by atoms with Gasteiger partial charge in [-0.1, -0.05) is 32.4 Å². The first kappa shape index (κ1) is 23.9. The maximum atomic E-state index is 12.3. The van der Waals surface area contributed by atoms with Crippen LogP contribution in [0.1, 0.15) is 78.6 Å². The van der Waals surface area contributed by atoms with E-state index in [1.165, 1.54) is 38.4 Å². The molecule has 0 aromatic heterocycles. The summed E-state index contributed by atoms with van der Waals surface area (Å²) in [4.78, 5) is 24.0. The van der Waals surface area contributed by atoms with Crippen LogP contribution in [-0.4, -0.2) is 38.9 Å². The Balaban J connectivity index is 1.61. The predicted octanol–water partition coefficient (Wildman–Crippen LogP) is 5.32. The first-order chi connectivity index (χ1) is 15.2. The third-order valence-corrected chi connectivity index (χ3v) is 10.1. The van der Waals surface area contributed by atoms with Gasteiger partial charge >= 0.3 is 5.97 Å². The highest BCUT2D eigenvalue weighted by Gasteiger charge is 2.61. The standard InChI is InChI=1S/C27H42O5/c1-17(6-9-24(29)31-5)20-7-8-21-25-22(11-13-27(20,21)3)26(2)12-10-19(28)14-18(26)15-23(25)32-16-30-4/h15,17,20-23,25H,6-14,16H2,1-5H3/t17-,20-,21?,22?,23-,25?,26+,27-/m1/s1. The number of hydrogen-bond donors (Lipinski definition) is 0. The molecule has 0 amide bonds. The van der Waals surface area contributed by atoms with Crippen molar-refractivity contribution in [2.24, 2.45) is 40.4 Å². The van der Waals surface area contributed by atoms with Gasteiger partial charge in [-0.2, -0.15) is 0 Å². The van der Waals surface area contributed by atoms with Gasteiger partial charge in [0, 0.05) is 26.4 Å². The molecule has 0 spiro atoms. The van der Waals surface area contributed by atoms with Crippen molar-refractivity contribution in [2.45, 2.75) is 84.7 Å². The average Bonchev–Trinajstić information content (AvgIpc) is 3.13. The van der Waals surface area contributed by atoms with Crippen LogP contribution in [0.15, 0.2) is 11.6 Å². The van der Waals surface area contributed by atoms with Gasteiger partial charge < -0.3 is 14.2 Å². The minimum atomic E-state index is -0.0991. The molecule has 32 heavy (non-hydrogen) atoms. The van der Waals surface area contributed by atoms with Crippen molar-refractivity contribution in [1.29, 1.82) is 0 Å². The van der Waals surface area contributed by atoms with Gasteiger partial charge in [0.1, 0.15) is 12.6 Å². The Kier molecular flexibility index (Phi) is 6.89. The van der Waals surface area contributed by atoms with Crippen LogP contribution in [0.2, 0.25) is 0 Å². The van der Waals surface area contributed by atoms with Gasteiger partial charge in [-0.25, -0.2) is 0 Å². The van der Waals surface area contributed by atoms with E-state index in [4.69, 9.17) is 14.2 Å². The number of rotatable bonds is 7. The normalized spacial score (nSPS) is 41.8. The van der Waals surface area contributed by atoms with E-state index >= 15 is 0 Å². The lowest BCUT2D eigenvalue weighted by atomic mass is 9.46. The fraction of sp³-hybridized carbons (Fsp3) is 0.852. The van der Waals surface area contributed by atoms with E-state index in [0.29, 0.717) is 55.0 Å². The second-order valence-corrected chi connectivity index (χ2v) is 11.5. The summed E-state index contributed by atoms with van der Waals surface area (Å²) in [6.07, 6.45) is 11.0.